The van der Waals surface area contributed by atoms with E-state index in [0.29, 0.717) is 11.3 Å². The maximum absolute atomic E-state index is 15.2. The van der Waals surface area contributed by atoms with Gasteiger partial charge in [0, 0.05) is 7.11 Å². The third kappa shape index (κ3) is 4.56. The molecular formula is C19H23FN6O5S. The van der Waals surface area contributed by atoms with E-state index in [1.54, 1.807) is 0 Å². The van der Waals surface area contributed by atoms with Crippen LogP contribution in [0.1, 0.15) is 29.9 Å². The van der Waals surface area contributed by atoms with Crippen LogP contribution in [0.3, 0.4) is 0 Å². The van der Waals surface area contributed by atoms with Crippen molar-refractivity contribution >= 4 is 27.3 Å². The number of aromatic nitrogens is 4. The number of anilines is 1. The summed E-state index contributed by atoms with van der Waals surface area (Å²) in [6.07, 6.45) is -0.856. The highest BCUT2D eigenvalue weighted by molar-refractivity contribution is 7.84. The number of ether oxygens (including phenoxy) is 1. The Kier molecular flexibility index (Phi) is 6.35. The summed E-state index contributed by atoms with van der Waals surface area (Å²) >= 11 is 0. The Balaban J connectivity index is 1.56. The molecule has 0 unspecified atom stereocenters. The van der Waals surface area contributed by atoms with Gasteiger partial charge in [0.05, 0.1) is 19.0 Å². The summed E-state index contributed by atoms with van der Waals surface area (Å²) in [7, 11) is -3.09. The number of nitrogens with two attached hydrogens (primary N) is 1. The molecule has 2 aromatic heterocycles. The fourth-order valence-corrected chi connectivity index (χ4v) is 4.14. The third-order valence-electron chi connectivity index (χ3n) is 5.43. The van der Waals surface area contributed by atoms with Crippen LogP contribution in [0.15, 0.2) is 36.9 Å². The van der Waals surface area contributed by atoms with Crippen LogP contribution >= 0.6 is 0 Å². The SMILES string of the molecule is CO[C@H](COS(N)(=O)=O)[C@@H](O)[C@H](F)n1cnc2c(N[C@H]3CCc4ccccc43)ncnc21. The number of aliphatic hydroxyl groups is 1. The number of nitrogens with one attached hydrogen (secondary N) is 1. The number of nitrogens with zero attached hydrogens (tertiary/aromatic N) is 4. The van der Waals surface area contributed by atoms with Crippen molar-refractivity contribution in [3.8, 4) is 0 Å². The first-order valence-corrected chi connectivity index (χ1v) is 11.3. The number of aryl methyl sites for hydroxylation is 1. The number of fused-ring (bicyclic) bond motifs is 2. The lowest BCUT2D eigenvalue weighted by Gasteiger charge is -2.24. The summed E-state index contributed by atoms with van der Waals surface area (Å²) < 4.78 is 47.6. The van der Waals surface area contributed by atoms with Crippen LogP contribution in [0.25, 0.3) is 11.2 Å². The standard InChI is InChI=1S/C19H23FN6O5S/c1-30-14(8-31-32(21,28)29)16(27)17(20)26-10-24-15-18(22-9-23-19(15)26)25-13-7-6-11-4-2-3-5-12(11)13/h2-5,9-10,13-14,16-17,27H,6-8H2,1H3,(H2,21,28,29)(H,22,23,25)/t13-,14+,16+,17+/m0/s1. The second kappa shape index (κ2) is 9.03. The first-order valence-electron chi connectivity index (χ1n) is 9.82. The Bertz CT molecular complexity index is 1210. The van der Waals surface area contributed by atoms with Gasteiger partial charge in [0.2, 0.25) is 6.30 Å². The molecule has 32 heavy (non-hydrogen) atoms. The van der Waals surface area contributed by atoms with Crippen molar-refractivity contribution < 1.29 is 26.8 Å². The van der Waals surface area contributed by atoms with E-state index in [1.165, 1.54) is 30.9 Å². The van der Waals surface area contributed by atoms with Crippen molar-refractivity contribution in [2.75, 3.05) is 19.0 Å². The summed E-state index contributed by atoms with van der Waals surface area (Å²) in [5.41, 5.74) is 2.93. The predicted molar refractivity (Wildman–Crippen MR) is 112 cm³/mol. The smallest absolute Gasteiger partial charge is 0.333 e. The van der Waals surface area contributed by atoms with Gasteiger partial charge in [0.1, 0.15) is 18.5 Å². The van der Waals surface area contributed by atoms with Gasteiger partial charge in [-0.05, 0) is 24.0 Å². The highest BCUT2D eigenvalue weighted by atomic mass is 32.2. The molecule has 1 aromatic carbocycles. The molecular weight excluding hydrogens is 443 g/mol. The van der Waals surface area contributed by atoms with Crippen LogP contribution in [0, 0.1) is 0 Å². The third-order valence-corrected chi connectivity index (χ3v) is 5.89. The van der Waals surface area contributed by atoms with E-state index in [2.05, 4.69) is 36.6 Å². The molecule has 1 aliphatic rings. The minimum absolute atomic E-state index is 0.0365. The first kappa shape index (κ1) is 22.5. The summed E-state index contributed by atoms with van der Waals surface area (Å²) in [6.45, 7) is -0.660. The molecule has 0 amide bonds. The van der Waals surface area contributed by atoms with E-state index in [9.17, 15) is 13.5 Å². The number of benzene rings is 1. The number of hydrogen-bond acceptors (Lipinski definition) is 9. The van der Waals surface area contributed by atoms with Crippen LogP contribution < -0.4 is 10.5 Å². The number of hydrogen-bond donors (Lipinski definition) is 3. The zero-order chi connectivity index (χ0) is 22.9. The van der Waals surface area contributed by atoms with Crippen LogP contribution in [0.5, 0.6) is 0 Å². The fourth-order valence-electron chi connectivity index (χ4n) is 3.82. The highest BCUT2D eigenvalue weighted by Gasteiger charge is 2.32. The van der Waals surface area contributed by atoms with Crippen LogP contribution in [0.2, 0.25) is 0 Å². The maximum Gasteiger partial charge on any atom is 0.333 e. The van der Waals surface area contributed by atoms with E-state index < -0.39 is 35.4 Å². The van der Waals surface area contributed by atoms with E-state index in [0.717, 1.165) is 17.4 Å². The van der Waals surface area contributed by atoms with Gasteiger partial charge in [-0.1, -0.05) is 24.3 Å². The number of rotatable bonds is 9. The fraction of sp³-hybridized carbons (Fsp3) is 0.421. The predicted octanol–water partition coefficient (Wildman–Crippen LogP) is 0.990. The van der Waals surface area contributed by atoms with Crippen LogP contribution in [-0.2, 0) is 25.6 Å². The monoisotopic (exact) mass is 466 g/mol. The van der Waals surface area contributed by atoms with Gasteiger partial charge >= 0.3 is 10.3 Å². The van der Waals surface area contributed by atoms with Crippen molar-refractivity contribution in [2.45, 2.75) is 37.4 Å². The molecule has 11 nitrogen and oxygen atoms in total. The molecule has 0 spiro atoms. The minimum atomic E-state index is -4.28. The Morgan fingerprint density at radius 3 is 2.88 bits per heavy atom. The molecule has 2 heterocycles. The Morgan fingerprint density at radius 2 is 2.12 bits per heavy atom. The van der Waals surface area contributed by atoms with Crippen molar-refractivity contribution in [3.05, 3.63) is 48.0 Å². The van der Waals surface area contributed by atoms with E-state index in [-0.39, 0.29) is 11.7 Å². The topological polar surface area (TPSA) is 154 Å². The summed E-state index contributed by atoms with van der Waals surface area (Å²) in [6, 6.07) is 8.15. The van der Waals surface area contributed by atoms with Crippen molar-refractivity contribution in [2.24, 2.45) is 5.14 Å². The van der Waals surface area contributed by atoms with E-state index in [1.807, 2.05) is 12.1 Å². The number of alkyl halides is 1. The van der Waals surface area contributed by atoms with Gasteiger partial charge in [0.15, 0.2) is 17.0 Å². The minimum Gasteiger partial charge on any atom is -0.385 e. The lowest BCUT2D eigenvalue weighted by atomic mass is 10.1. The summed E-state index contributed by atoms with van der Waals surface area (Å²) in [5, 5.41) is 18.5. The molecule has 4 N–H and O–H groups in total. The van der Waals surface area contributed by atoms with Gasteiger partial charge in [-0.3, -0.25) is 8.75 Å². The number of halogens is 1. The largest absolute Gasteiger partial charge is 0.385 e. The molecule has 172 valence electrons. The highest BCUT2D eigenvalue weighted by Crippen LogP contribution is 2.34. The molecule has 0 saturated carbocycles. The number of imidazole rings is 1. The lowest BCUT2D eigenvalue weighted by molar-refractivity contribution is -0.0847. The van der Waals surface area contributed by atoms with Crippen LogP contribution in [0.4, 0.5) is 10.2 Å². The molecule has 0 radical (unpaired) electrons. The van der Waals surface area contributed by atoms with Crippen molar-refractivity contribution in [1.29, 1.82) is 0 Å². The van der Waals surface area contributed by atoms with Gasteiger partial charge in [-0.15, -0.1) is 0 Å². The molecule has 1 aliphatic carbocycles. The Labute approximate surface area is 183 Å². The molecule has 0 fully saturated rings. The van der Waals surface area contributed by atoms with Crippen molar-refractivity contribution in [3.63, 3.8) is 0 Å². The van der Waals surface area contributed by atoms with E-state index >= 15 is 4.39 Å². The Hall–Kier alpha value is -2.71. The molecule has 0 bridgehead atoms. The van der Waals surface area contributed by atoms with Gasteiger partial charge in [-0.25, -0.2) is 24.5 Å². The molecule has 13 heteroatoms. The molecule has 0 aliphatic heterocycles. The zero-order valence-electron chi connectivity index (χ0n) is 17.1. The molecule has 4 atom stereocenters. The average molecular weight is 466 g/mol. The Morgan fingerprint density at radius 1 is 1.34 bits per heavy atom. The zero-order valence-corrected chi connectivity index (χ0v) is 17.9. The maximum atomic E-state index is 15.2. The first-order chi connectivity index (χ1) is 15.3. The molecule has 3 aromatic rings. The van der Waals surface area contributed by atoms with Crippen LogP contribution in [-0.4, -0.2) is 59.0 Å². The summed E-state index contributed by atoms with van der Waals surface area (Å²) in [4.78, 5) is 12.6. The average Bonchev–Trinajstić information content (AvgIpc) is 3.38. The van der Waals surface area contributed by atoms with E-state index in [4.69, 9.17) is 9.88 Å². The number of methoxy groups -OCH3 is 1. The molecule has 0 saturated heterocycles. The van der Waals surface area contributed by atoms with Gasteiger partial charge in [-0.2, -0.15) is 8.42 Å². The normalized spacial score (nSPS) is 18.9. The van der Waals surface area contributed by atoms with Crippen molar-refractivity contribution in [1.82, 2.24) is 19.5 Å². The quantitative estimate of drug-likeness (QED) is 0.419. The lowest BCUT2D eigenvalue weighted by Crippen LogP contribution is -2.39. The number of aliphatic hydroxyl groups excluding tert-OH is 1. The second-order valence-corrected chi connectivity index (χ2v) is 8.62. The van der Waals surface area contributed by atoms with Gasteiger partial charge in [0.25, 0.3) is 0 Å². The molecule has 4 rings (SSSR count). The second-order valence-electron chi connectivity index (χ2n) is 7.40. The van der Waals surface area contributed by atoms with Gasteiger partial charge < -0.3 is 15.2 Å². The summed E-state index contributed by atoms with van der Waals surface area (Å²) in [5.74, 6) is 0.443.